The van der Waals surface area contributed by atoms with Gasteiger partial charge in [0.1, 0.15) is 5.69 Å². The first kappa shape index (κ1) is 9.21. The maximum Gasteiger partial charge on any atom is 0.373 e. The molecule has 0 aromatic carbocycles. The molecule has 0 bridgehead atoms. The Hall–Kier alpha value is -1.36. The van der Waals surface area contributed by atoms with Crippen molar-refractivity contribution in [3.05, 3.63) is 17.8 Å². The van der Waals surface area contributed by atoms with Gasteiger partial charge in [-0.05, 0) is 19.4 Å². The van der Waals surface area contributed by atoms with Crippen LogP contribution < -0.4 is 5.32 Å². The fourth-order valence-electron chi connectivity index (χ4n) is 1.75. The molecule has 1 unspecified atom stereocenters. The Morgan fingerprint density at radius 2 is 2.50 bits per heavy atom. The van der Waals surface area contributed by atoms with E-state index in [2.05, 4.69) is 10.3 Å². The number of nitrogens with zero attached hydrogens (tertiary/aromatic N) is 1. The van der Waals surface area contributed by atoms with Crippen LogP contribution in [0, 0.1) is 0 Å². The lowest BCUT2D eigenvalue weighted by Crippen LogP contribution is -2.28. The molecule has 1 fully saturated rings. The number of hydrogen-bond acceptors (Lipinski definition) is 4. The molecule has 0 spiro atoms. The highest BCUT2D eigenvalue weighted by Crippen LogP contribution is 2.24. The molecule has 5 heteroatoms. The average molecular weight is 196 g/mol. The number of rotatable bonds is 2. The predicted octanol–water partition coefficient (Wildman–Crippen LogP) is 1.19. The fraction of sp³-hybridized carbons (Fsp3) is 0.556. The van der Waals surface area contributed by atoms with Crippen molar-refractivity contribution in [2.75, 3.05) is 6.54 Å². The summed E-state index contributed by atoms with van der Waals surface area (Å²) in [6.07, 6.45) is 4.35. The van der Waals surface area contributed by atoms with Crippen LogP contribution in [0.1, 0.15) is 41.6 Å². The van der Waals surface area contributed by atoms with E-state index >= 15 is 0 Å². The van der Waals surface area contributed by atoms with Gasteiger partial charge in [-0.25, -0.2) is 9.78 Å². The van der Waals surface area contributed by atoms with Gasteiger partial charge >= 0.3 is 5.97 Å². The second kappa shape index (κ2) is 3.79. The number of aromatic nitrogens is 1. The summed E-state index contributed by atoms with van der Waals surface area (Å²) in [6, 6.07) is 0.0357. The molecule has 0 saturated carbocycles. The molecule has 1 aliphatic heterocycles. The van der Waals surface area contributed by atoms with E-state index < -0.39 is 5.97 Å². The largest absolute Gasteiger partial charge is 0.475 e. The molecule has 14 heavy (non-hydrogen) atoms. The van der Waals surface area contributed by atoms with Crippen LogP contribution in [-0.4, -0.2) is 22.6 Å². The third-order valence-corrected chi connectivity index (χ3v) is 2.43. The Bertz CT molecular complexity index is 329. The summed E-state index contributed by atoms with van der Waals surface area (Å²) in [6.45, 7) is 0.913. The molecule has 76 valence electrons. The third kappa shape index (κ3) is 1.63. The molecular weight excluding hydrogens is 184 g/mol. The van der Waals surface area contributed by atoms with Gasteiger partial charge in [-0.15, -0.1) is 0 Å². The van der Waals surface area contributed by atoms with Crippen molar-refractivity contribution < 1.29 is 14.3 Å². The van der Waals surface area contributed by atoms with E-state index in [1.165, 1.54) is 6.39 Å². The number of piperidine rings is 1. The molecule has 2 heterocycles. The highest BCUT2D eigenvalue weighted by molar-refractivity contribution is 5.85. The van der Waals surface area contributed by atoms with Crippen molar-refractivity contribution in [2.45, 2.75) is 25.3 Å². The van der Waals surface area contributed by atoms with Crippen molar-refractivity contribution in [1.82, 2.24) is 10.3 Å². The second-order valence-corrected chi connectivity index (χ2v) is 3.37. The summed E-state index contributed by atoms with van der Waals surface area (Å²) in [4.78, 5) is 14.7. The first-order valence-corrected chi connectivity index (χ1v) is 4.69. The zero-order valence-electron chi connectivity index (χ0n) is 7.69. The Balaban J connectivity index is 2.21. The minimum absolute atomic E-state index is 0.0357. The summed E-state index contributed by atoms with van der Waals surface area (Å²) < 4.78 is 4.83. The number of oxazole rings is 1. The maximum atomic E-state index is 10.8. The van der Waals surface area contributed by atoms with Crippen LogP contribution in [-0.2, 0) is 0 Å². The highest BCUT2D eigenvalue weighted by Gasteiger charge is 2.24. The molecule has 0 radical (unpaired) electrons. The van der Waals surface area contributed by atoms with Gasteiger partial charge in [-0.1, -0.05) is 6.42 Å². The van der Waals surface area contributed by atoms with E-state index in [0.29, 0.717) is 5.69 Å². The topological polar surface area (TPSA) is 75.4 Å². The number of carboxylic acids is 1. The van der Waals surface area contributed by atoms with Crippen molar-refractivity contribution in [3.63, 3.8) is 0 Å². The lowest BCUT2D eigenvalue weighted by molar-refractivity contribution is 0.0659. The number of aromatic carboxylic acids is 1. The number of hydrogen-bond donors (Lipinski definition) is 2. The molecule has 0 aliphatic carbocycles. The Labute approximate surface area is 81.1 Å². The molecule has 1 aromatic rings. The van der Waals surface area contributed by atoms with Crippen LogP contribution in [0.4, 0.5) is 0 Å². The van der Waals surface area contributed by atoms with E-state index in [4.69, 9.17) is 9.52 Å². The van der Waals surface area contributed by atoms with Crippen LogP contribution in [0.3, 0.4) is 0 Å². The summed E-state index contributed by atoms with van der Waals surface area (Å²) in [7, 11) is 0. The van der Waals surface area contributed by atoms with Gasteiger partial charge in [0.2, 0.25) is 5.76 Å². The Morgan fingerprint density at radius 1 is 1.64 bits per heavy atom. The molecule has 1 aromatic heterocycles. The van der Waals surface area contributed by atoms with Crippen LogP contribution in [0.25, 0.3) is 0 Å². The number of nitrogens with one attached hydrogen (secondary N) is 1. The minimum Gasteiger partial charge on any atom is -0.475 e. The van der Waals surface area contributed by atoms with Crippen LogP contribution in [0.5, 0.6) is 0 Å². The predicted molar refractivity (Wildman–Crippen MR) is 48.1 cm³/mol. The molecule has 1 aliphatic rings. The minimum atomic E-state index is -1.05. The van der Waals surface area contributed by atoms with E-state index in [9.17, 15) is 4.79 Å². The maximum absolute atomic E-state index is 10.8. The van der Waals surface area contributed by atoms with E-state index in [1.807, 2.05) is 0 Å². The third-order valence-electron chi connectivity index (χ3n) is 2.43. The fourth-order valence-corrected chi connectivity index (χ4v) is 1.75. The normalized spacial score (nSPS) is 22.1. The molecule has 2 N–H and O–H groups in total. The summed E-state index contributed by atoms with van der Waals surface area (Å²) in [5.74, 6) is -1.09. The standard InChI is InChI=1S/C9H12N2O3/c12-9(13)8-7(11-5-14-8)6-3-1-2-4-10-6/h5-6,10H,1-4H2,(H,12,13). The van der Waals surface area contributed by atoms with Crippen LogP contribution in [0.2, 0.25) is 0 Å². The van der Waals surface area contributed by atoms with Crippen molar-refractivity contribution in [2.24, 2.45) is 0 Å². The molecule has 1 saturated heterocycles. The molecule has 0 amide bonds. The zero-order valence-corrected chi connectivity index (χ0v) is 7.69. The smallest absolute Gasteiger partial charge is 0.373 e. The van der Waals surface area contributed by atoms with Crippen LogP contribution >= 0.6 is 0 Å². The summed E-state index contributed by atoms with van der Waals surface area (Å²) in [5.41, 5.74) is 0.525. The van der Waals surface area contributed by atoms with E-state index in [1.54, 1.807) is 0 Å². The Morgan fingerprint density at radius 3 is 3.14 bits per heavy atom. The highest BCUT2D eigenvalue weighted by atomic mass is 16.4. The van der Waals surface area contributed by atoms with E-state index in [-0.39, 0.29) is 11.8 Å². The number of carboxylic acid groups (broad SMARTS) is 1. The quantitative estimate of drug-likeness (QED) is 0.743. The summed E-state index contributed by atoms with van der Waals surface area (Å²) in [5, 5.41) is 12.1. The lowest BCUT2D eigenvalue weighted by Gasteiger charge is -2.21. The van der Waals surface area contributed by atoms with Crippen molar-refractivity contribution in [1.29, 1.82) is 0 Å². The molecular formula is C9H12N2O3. The van der Waals surface area contributed by atoms with E-state index in [0.717, 1.165) is 25.8 Å². The first-order chi connectivity index (χ1) is 6.79. The summed E-state index contributed by atoms with van der Waals surface area (Å²) >= 11 is 0. The monoisotopic (exact) mass is 196 g/mol. The van der Waals surface area contributed by atoms with Gasteiger partial charge in [0, 0.05) is 0 Å². The first-order valence-electron chi connectivity index (χ1n) is 4.69. The van der Waals surface area contributed by atoms with Gasteiger partial charge in [0.25, 0.3) is 0 Å². The molecule has 1 atom stereocenters. The van der Waals surface area contributed by atoms with Gasteiger partial charge in [-0.2, -0.15) is 0 Å². The lowest BCUT2D eigenvalue weighted by atomic mass is 10.0. The Kier molecular flexibility index (Phi) is 2.49. The van der Waals surface area contributed by atoms with Gasteiger partial charge in [-0.3, -0.25) is 0 Å². The second-order valence-electron chi connectivity index (χ2n) is 3.37. The zero-order chi connectivity index (χ0) is 9.97. The SMILES string of the molecule is O=C(O)c1ocnc1C1CCCCN1. The molecule has 2 rings (SSSR count). The van der Waals surface area contributed by atoms with Gasteiger partial charge in [0.05, 0.1) is 6.04 Å². The average Bonchev–Trinajstić information content (AvgIpc) is 2.67. The number of carbonyl (C=O) groups is 1. The van der Waals surface area contributed by atoms with Gasteiger partial charge in [0.15, 0.2) is 6.39 Å². The molecule has 5 nitrogen and oxygen atoms in total. The van der Waals surface area contributed by atoms with Gasteiger partial charge < -0.3 is 14.8 Å². The van der Waals surface area contributed by atoms with Crippen molar-refractivity contribution >= 4 is 5.97 Å². The van der Waals surface area contributed by atoms with Crippen molar-refractivity contribution in [3.8, 4) is 0 Å². The van der Waals surface area contributed by atoms with Crippen LogP contribution in [0.15, 0.2) is 10.8 Å².